The van der Waals surface area contributed by atoms with Gasteiger partial charge in [-0.05, 0) is 42.3 Å². The van der Waals surface area contributed by atoms with Crippen molar-refractivity contribution < 1.29 is 23.1 Å². The molecule has 0 unspecified atom stereocenters. The van der Waals surface area contributed by atoms with Crippen LogP contribution in [-0.4, -0.2) is 25.4 Å². The summed E-state index contributed by atoms with van der Waals surface area (Å²) in [5, 5.41) is 11.9. The second kappa shape index (κ2) is 5.64. The Morgan fingerprint density at radius 1 is 1.25 bits per heavy atom. The van der Waals surface area contributed by atoms with E-state index in [9.17, 15) is 23.1 Å². The number of fused-ring (bicyclic) bond motifs is 1. The molecule has 0 saturated heterocycles. The van der Waals surface area contributed by atoms with E-state index in [-0.39, 0.29) is 28.5 Å². The number of carbonyl (C=O) groups is 2. The van der Waals surface area contributed by atoms with Crippen LogP contribution < -0.4 is 10.0 Å². The fourth-order valence-electron chi connectivity index (χ4n) is 2.55. The van der Waals surface area contributed by atoms with E-state index in [0.717, 1.165) is 0 Å². The van der Waals surface area contributed by atoms with Crippen molar-refractivity contribution in [2.24, 2.45) is 0 Å². The molecule has 3 N–H and O–H groups in total. The molecule has 0 fully saturated rings. The quantitative estimate of drug-likeness (QED) is 0.784. The number of carboxylic acid groups (broad SMARTS) is 1. The van der Waals surface area contributed by atoms with Gasteiger partial charge >= 0.3 is 5.97 Å². The number of aryl methyl sites for hydroxylation is 1. The molecule has 0 aromatic heterocycles. The van der Waals surface area contributed by atoms with Gasteiger partial charge in [-0.1, -0.05) is 12.1 Å². The zero-order valence-corrected chi connectivity index (χ0v) is 13.5. The average Bonchev–Trinajstić information content (AvgIpc) is 2.88. The molecule has 2 aromatic carbocycles. The standard InChI is InChI=1S/C16H14N2O5S/c1-9-3-2-4-12(16(20)21)15(9)18-24(22,23)11-5-6-13-10(7-11)8-14(19)17-13/h2-7,18H,8H2,1H3,(H,17,19)(H,20,21). The van der Waals surface area contributed by atoms with E-state index >= 15 is 0 Å². The molecule has 8 heteroatoms. The monoisotopic (exact) mass is 346 g/mol. The van der Waals surface area contributed by atoms with Gasteiger partial charge in [0.25, 0.3) is 10.0 Å². The molecular formula is C16H14N2O5S. The Morgan fingerprint density at radius 2 is 2.00 bits per heavy atom. The maximum absolute atomic E-state index is 12.6. The van der Waals surface area contributed by atoms with E-state index in [2.05, 4.69) is 10.0 Å². The molecular weight excluding hydrogens is 332 g/mol. The van der Waals surface area contributed by atoms with Gasteiger partial charge in [0.05, 0.1) is 22.6 Å². The number of amides is 1. The maximum Gasteiger partial charge on any atom is 0.337 e. The molecule has 0 atom stereocenters. The fourth-order valence-corrected chi connectivity index (χ4v) is 3.75. The number of benzene rings is 2. The third-order valence-corrected chi connectivity index (χ3v) is 5.10. The van der Waals surface area contributed by atoms with Crippen LogP contribution in [-0.2, 0) is 21.2 Å². The zero-order chi connectivity index (χ0) is 17.5. The van der Waals surface area contributed by atoms with Crippen molar-refractivity contribution in [2.45, 2.75) is 18.2 Å². The normalized spacial score (nSPS) is 13.3. The van der Waals surface area contributed by atoms with Crippen LogP contribution in [0.3, 0.4) is 0 Å². The van der Waals surface area contributed by atoms with E-state index in [0.29, 0.717) is 16.8 Å². The largest absolute Gasteiger partial charge is 0.478 e. The molecule has 3 rings (SSSR count). The molecule has 1 aliphatic heterocycles. The molecule has 124 valence electrons. The summed E-state index contributed by atoms with van der Waals surface area (Å²) in [5.41, 5.74) is 1.57. The number of carbonyl (C=O) groups excluding carboxylic acids is 1. The van der Waals surface area contributed by atoms with E-state index in [1.807, 2.05) is 0 Å². The number of rotatable bonds is 4. The number of hydrogen-bond acceptors (Lipinski definition) is 4. The van der Waals surface area contributed by atoms with Crippen LogP contribution in [0.25, 0.3) is 0 Å². The van der Waals surface area contributed by atoms with Crippen molar-refractivity contribution in [1.29, 1.82) is 0 Å². The Kier molecular flexibility index (Phi) is 3.76. The van der Waals surface area contributed by atoms with Gasteiger partial charge in [-0.2, -0.15) is 0 Å². The lowest BCUT2D eigenvalue weighted by atomic mass is 10.1. The summed E-state index contributed by atoms with van der Waals surface area (Å²) in [6, 6.07) is 8.79. The predicted octanol–water partition coefficient (Wildman–Crippen LogP) is 1.99. The zero-order valence-electron chi connectivity index (χ0n) is 12.7. The van der Waals surface area contributed by atoms with Crippen molar-refractivity contribution >= 4 is 33.3 Å². The second-order valence-corrected chi connectivity index (χ2v) is 7.13. The fraction of sp³-hybridized carbons (Fsp3) is 0.125. The predicted molar refractivity (Wildman–Crippen MR) is 87.7 cm³/mol. The summed E-state index contributed by atoms with van der Waals surface area (Å²) in [6.45, 7) is 1.62. The Bertz CT molecular complexity index is 966. The lowest BCUT2D eigenvalue weighted by Crippen LogP contribution is -2.16. The van der Waals surface area contributed by atoms with E-state index in [1.165, 1.54) is 24.3 Å². The lowest BCUT2D eigenvalue weighted by Gasteiger charge is -2.13. The molecule has 0 bridgehead atoms. The third-order valence-electron chi connectivity index (χ3n) is 3.75. The topological polar surface area (TPSA) is 113 Å². The van der Waals surface area contributed by atoms with Gasteiger partial charge in [-0.3, -0.25) is 9.52 Å². The summed E-state index contributed by atoms with van der Waals surface area (Å²) in [6.07, 6.45) is 0.115. The number of aromatic carboxylic acids is 1. The molecule has 0 aliphatic carbocycles. The van der Waals surface area contributed by atoms with Gasteiger partial charge in [0.1, 0.15) is 0 Å². The Morgan fingerprint density at radius 3 is 2.71 bits per heavy atom. The van der Waals surface area contributed by atoms with Gasteiger partial charge in [0.15, 0.2) is 0 Å². The highest BCUT2D eigenvalue weighted by molar-refractivity contribution is 7.92. The first kappa shape index (κ1) is 16.0. The number of hydrogen-bond donors (Lipinski definition) is 3. The van der Waals surface area contributed by atoms with Gasteiger partial charge in [-0.25, -0.2) is 13.2 Å². The van der Waals surface area contributed by atoms with Gasteiger partial charge < -0.3 is 10.4 Å². The van der Waals surface area contributed by atoms with Crippen LogP contribution in [0.4, 0.5) is 11.4 Å². The minimum atomic E-state index is -3.98. The molecule has 7 nitrogen and oxygen atoms in total. The molecule has 2 aromatic rings. The molecule has 0 spiro atoms. The third kappa shape index (κ3) is 2.83. The Balaban J connectivity index is 2.01. The van der Waals surface area contributed by atoms with Crippen LogP contribution in [0.5, 0.6) is 0 Å². The van der Waals surface area contributed by atoms with Crippen molar-refractivity contribution in [3.63, 3.8) is 0 Å². The number of carboxylic acids is 1. The first-order valence-electron chi connectivity index (χ1n) is 7.06. The van der Waals surface area contributed by atoms with E-state index in [1.54, 1.807) is 19.1 Å². The highest BCUT2D eigenvalue weighted by atomic mass is 32.2. The number of anilines is 2. The van der Waals surface area contributed by atoms with Crippen molar-refractivity contribution in [1.82, 2.24) is 0 Å². The Hall–Kier alpha value is -2.87. The summed E-state index contributed by atoms with van der Waals surface area (Å²) >= 11 is 0. The van der Waals surface area contributed by atoms with E-state index in [4.69, 9.17) is 0 Å². The van der Waals surface area contributed by atoms with Gasteiger partial charge in [0, 0.05) is 5.69 Å². The minimum Gasteiger partial charge on any atom is -0.478 e. The Labute approximate surface area is 138 Å². The van der Waals surface area contributed by atoms with Crippen LogP contribution in [0.15, 0.2) is 41.3 Å². The van der Waals surface area contributed by atoms with Gasteiger partial charge in [-0.15, -0.1) is 0 Å². The number of nitrogens with one attached hydrogen (secondary N) is 2. The lowest BCUT2D eigenvalue weighted by molar-refractivity contribution is -0.115. The molecule has 1 heterocycles. The molecule has 24 heavy (non-hydrogen) atoms. The highest BCUT2D eigenvalue weighted by Gasteiger charge is 2.23. The van der Waals surface area contributed by atoms with Crippen LogP contribution >= 0.6 is 0 Å². The van der Waals surface area contributed by atoms with Gasteiger partial charge in [0.2, 0.25) is 5.91 Å². The molecule has 0 saturated carbocycles. The first-order valence-corrected chi connectivity index (χ1v) is 8.55. The summed E-state index contributed by atoms with van der Waals surface area (Å²) < 4.78 is 27.5. The number of para-hydroxylation sites is 1. The maximum atomic E-state index is 12.6. The number of sulfonamides is 1. The van der Waals surface area contributed by atoms with Crippen molar-refractivity contribution in [3.8, 4) is 0 Å². The molecule has 0 radical (unpaired) electrons. The highest BCUT2D eigenvalue weighted by Crippen LogP contribution is 2.28. The summed E-state index contributed by atoms with van der Waals surface area (Å²) in [4.78, 5) is 22.6. The van der Waals surface area contributed by atoms with Crippen LogP contribution in [0, 0.1) is 6.92 Å². The molecule has 1 amide bonds. The SMILES string of the molecule is Cc1cccc(C(=O)O)c1NS(=O)(=O)c1ccc2c(c1)CC(=O)N2. The minimum absolute atomic E-state index is 0.0275. The second-order valence-electron chi connectivity index (χ2n) is 5.45. The smallest absolute Gasteiger partial charge is 0.337 e. The van der Waals surface area contributed by atoms with Crippen molar-refractivity contribution in [3.05, 3.63) is 53.1 Å². The first-order chi connectivity index (χ1) is 11.3. The molecule has 1 aliphatic rings. The van der Waals surface area contributed by atoms with Crippen molar-refractivity contribution in [2.75, 3.05) is 10.0 Å². The van der Waals surface area contributed by atoms with Crippen LogP contribution in [0.1, 0.15) is 21.5 Å². The summed E-state index contributed by atoms with van der Waals surface area (Å²) in [5.74, 6) is -1.42. The van der Waals surface area contributed by atoms with Crippen LogP contribution in [0.2, 0.25) is 0 Å². The summed E-state index contributed by atoms with van der Waals surface area (Å²) in [7, 11) is -3.98. The average molecular weight is 346 g/mol. The van der Waals surface area contributed by atoms with E-state index < -0.39 is 16.0 Å².